The quantitative estimate of drug-likeness (QED) is 0.757. The number of carbonyl (C=O) groups is 1. The highest BCUT2D eigenvalue weighted by Gasteiger charge is 2.39. The molecule has 0 aromatic heterocycles. The first-order valence-electron chi connectivity index (χ1n) is 6.82. The van der Waals surface area contributed by atoms with E-state index in [0.29, 0.717) is 19.4 Å². The summed E-state index contributed by atoms with van der Waals surface area (Å²) in [6.45, 7) is 3.49. The van der Waals surface area contributed by atoms with Crippen LogP contribution in [0.5, 0.6) is 0 Å². The molecule has 5 nitrogen and oxygen atoms in total. The van der Waals surface area contributed by atoms with E-state index in [1.54, 1.807) is 0 Å². The van der Waals surface area contributed by atoms with Crippen molar-refractivity contribution < 1.29 is 19.4 Å². The lowest BCUT2D eigenvalue weighted by molar-refractivity contribution is -0.123. The van der Waals surface area contributed by atoms with Crippen molar-refractivity contribution >= 4 is 5.91 Å². The molecule has 2 aliphatic rings. The van der Waals surface area contributed by atoms with E-state index in [9.17, 15) is 9.90 Å². The number of rotatable bonds is 5. The summed E-state index contributed by atoms with van der Waals surface area (Å²) in [7, 11) is 0. The Morgan fingerprint density at radius 3 is 2.89 bits per heavy atom. The van der Waals surface area contributed by atoms with Gasteiger partial charge >= 0.3 is 0 Å². The molecule has 0 saturated carbocycles. The average molecular weight is 257 g/mol. The van der Waals surface area contributed by atoms with Crippen molar-refractivity contribution in [3.05, 3.63) is 0 Å². The van der Waals surface area contributed by atoms with Gasteiger partial charge in [0.2, 0.25) is 5.91 Å². The second kappa shape index (κ2) is 5.99. The van der Waals surface area contributed by atoms with Gasteiger partial charge in [-0.2, -0.15) is 0 Å². The van der Waals surface area contributed by atoms with Gasteiger partial charge in [-0.1, -0.05) is 0 Å². The lowest BCUT2D eigenvalue weighted by Gasteiger charge is -2.26. The molecule has 0 aromatic rings. The van der Waals surface area contributed by atoms with Crippen LogP contribution in [0.4, 0.5) is 0 Å². The highest BCUT2D eigenvalue weighted by Crippen LogP contribution is 2.24. The van der Waals surface area contributed by atoms with Crippen molar-refractivity contribution in [3.8, 4) is 0 Å². The molecule has 0 bridgehead atoms. The minimum atomic E-state index is -0.903. The zero-order valence-electron chi connectivity index (χ0n) is 11.0. The standard InChI is InChI=1S/C13H23NO4/c1-10-13(16,6-8-17-10)9-14-12(15)5-4-11-3-2-7-18-11/h10-11,16H,2-9H2,1H3,(H,14,15). The van der Waals surface area contributed by atoms with E-state index in [1.807, 2.05) is 6.92 Å². The van der Waals surface area contributed by atoms with E-state index in [2.05, 4.69) is 5.32 Å². The van der Waals surface area contributed by atoms with Gasteiger partial charge in [0.05, 0.1) is 12.2 Å². The molecule has 3 unspecified atom stereocenters. The molecular formula is C13H23NO4. The largest absolute Gasteiger partial charge is 0.385 e. The van der Waals surface area contributed by atoms with Crippen molar-refractivity contribution in [1.29, 1.82) is 0 Å². The smallest absolute Gasteiger partial charge is 0.220 e. The van der Waals surface area contributed by atoms with Crippen LogP contribution in [0, 0.1) is 0 Å². The van der Waals surface area contributed by atoms with Crippen LogP contribution in [0.3, 0.4) is 0 Å². The number of nitrogens with one attached hydrogen (secondary N) is 1. The molecule has 0 radical (unpaired) electrons. The molecule has 104 valence electrons. The Morgan fingerprint density at radius 2 is 2.28 bits per heavy atom. The summed E-state index contributed by atoms with van der Waals surface area (Å²) in [6, 6.07) is 0. The highest BCUT2D eigenvalue weighted by molar-refractivity contribution is 5.75. The average Bonchev–Trinajstić information content (AvgIpc) is 2.96. The fourth-order valence-electron chi connectivity index (χ4n) is 2.51. The minimum absolute atomic E-state index is 0.0157. The van der Waals surface area contributed by atoms with Gasteiger partial charge in [-0.25, -0.2) is 0 Å². The Labute approximate surface area is 108 Å². The maximum absolute atomic E-state index is 11.7. The molecular weight excluding hydrogens is 234 g/mol. The second-order valence-electron chi connectivity index (χ2n) is 5.32. The summed E-state index contributed by atoms with van der Waals surface area (Å²) in [5.74, 6) is -0.0157. The molecule has 1 amide bonds. The molecule has 0 aromatic carbocycles. The third-order valence-electron chi connectivity index (χ3n) is 3.97. The molecule has 2 saturated heterocycles. The molecule has 2 heterocycles. The van der Waals surface area contributed by atoms with Crippen LogP contribution < -0.4 is 5.32 Å². The zero-order chi connectivity index (χ0) is 13.0. The Hall–Kier alpha value is -0.650. The molecule has 18 heavy (non-hydrogen) atoms. The summed E-state index contributed by atoms with van der Waals surface area (Å²) in [6.07, 6.45) is 4.01. The van der Waals surface area contributed by atoms with Gasteiger partial charge in [-0.15, -0.1) is 0 Å². The van der Waals surface area contributed by atoms with Crippen LogP contribution in [0.15, 0.2) is 0 Å². The van der Waals surface area contributed by atoms with Gasteiger partial charge in [0.15, 0.2) is 0 Å². The molecule has 2 aliphatic heterocycles. The Bertz CT molecular complexity index is 291. The third-order valence-corrected chi connectivity index (χ3v) is 3.97. The van der Waals surface area contributed by atoms with Crippen molar-refractivity contribution in [2.24, 2.45) is 0 Å². The molecule has 0 aliphatic carbocycles. The number of carbonyl (C=O) groups excluding carboxylic acids is 1. The first kappa shape index (κ1) is 13.8. The predicted molar refractivity (Wildman–Crippen MR) is 66.2 cm³/mol. The van der Waals surface area contributed by atoms with Gasteiger partial charge in [-0.3, -0.25) is 4.79 Å². The SMILES string of the molecule is CC1OCCC1(O)CNC(=O)CCC1CCCO1. The van der Waals surface area contributed by atoms with Gasteiger partial charge in [-0.05, 0) is 26.2 Å². The van der Waals surface area contributed by atoms with Crippen LogP contribution in [0.2, 0.25) is 0 Å². The van der Waals surface area contributed by atoms with Crippen LogP contribution in [0.25, 0.3) is 0 Å². The van der Waals surface area contributed by atoms with Crippen molar-refractivity contribution in [3.63, 3.8) is 0 Å². The lowest BCUT2D eigenvalue weighted by atomic mass is 9.96. The Kier molecular flexibility index (Phi) is 4.59. The van der Waals surface area contributed by atoms with Crippen LogP contribution in [0.1, 0.15) is 39.0 Å². The first-order chi connectivity index (χ1) is 8.60. The Morgan fingerprint density at radius 1 is 1.44 bits per heavy atom. The van der Waals surface area contributed by atoms with Crippen molar-refractivity contribution in [2.75, 3.05) is 19.8 Å². The summed E-state index contributed by atoms with van der Waals surface area (Å²) >= 11 is 0. The van der Waals surface area contributed by atoms with E-state index in [-0.39, 0.29) is 24.7 Å². The van der Waals surface area contributed by atoms with E-state index >= 15 is 0 Å². The van der Waals surface area contributed by atoms with Gasteiger partial charge in [0.1, 0.15) is 5.60 Å². The Balaban J connectivity index is 1.65. The monoisotopic (exact) mass is 257 g/mol. The normalized spacial score (nSPS) is 35.9. The minimum Gasteiger partial charge on any atom is -0.385 e. The van der Waals surface area contributed by atoms with E-state index in [0.717, 1.165) is 25.9 Å². The van der Waals surface area contributed by atoms with Crippen molar-refractivity contribution in [1.82, 2.24) is 5.32 Å². The van der Waals surface area contributed by atoms with Gasteiger partial charge < -0.3 is 19.9 Å². The molecule has 2 N–H and O–H groups in total. The van der Waals surface area contributed by atoms with Gasteiger partial charge in [0.25, 0.3) is 0 Å². The van der Waals surface area contributed by atoms with Crippen molar-refractivity contribution in [2.45, 2.75) is 56.8 Å². The van der Waals surface area contributed by atoms with E-state index in [4.69, 9.17) is 9.47 Å². The predicted octanol–water partition coefficient (Wildman–Crippen LogP) is 0.602. The zero-order valence-corrected chi connectivity index (χ0v) is 11.0. The summed E-state index contributed by atoms with van der Waals surface area (Å²) < 4.78 is 10.8. The van der Waals surface area contributed by atoms with Crippen LogP contribution >= 0.6 is 0 Å². The number of hydrogen-bond donors (Lipinski definition) is 2. The maximum Gasteiger partial charge on any atom is 0.220 e. The van der Waals surface area contributed by atoms with Crippen LogP contribution in [-0.4, -0.2) is 48.6 Å². The highest BCUT2D eigenvalue weighted by atomic mass is 16.5. The molecule has 0 spiro atoms. The van der Waals surface area contributed by atoms with Gasteiger partial charge in [0, 0.05) is 32.6 Å². The molecule has 2 fully saturated rings. The molecule has 3 atom stereocenters. The second-order valence-corrected chi connectivity index (χ2v) is 5.32. The van der Waals surface area contributed by atoms with Crippen LogP contribution in [-0.2, 0) is 14.3 Å². The fourth-order valence-corrected chi connectivity index (χ4v) is 2.51. The number of amides is 1. The topological polar surface area (TPSA) is 67.8 Å². The molecule has 2 rings (SSSR count). The first-order valence-corrected chi connectivity index (χ1v) is 6.82. The number of aliphatic hydroxyl groups is 1. The number of hydrogen-bond acceptors (Lipinski definition) is 4. The maximum atomic E-state index is 11.7. The summed E-state index contributed by atoms with van der Waals surface area (Å²) in [5.41, 5.74) is -0.903. The summed E-state index contributed by atoms with van der Waals surface area (Å²) in [4.78, 5) is 11.7. The number of ether oxygens (including phenoxy) is 2. The lowest BCUT2D eigenvalue weighted by Crippen LogP contribution is -2.47. The fraction of sp³-hybridized carbons (Fsp3) is 0.923. The molecule has 5 heteroatoms. The summed E-state index contributed by atoms with van der Waals surface area (Å²) in [5, 5.41) is 13.0. The third kappa shape index (κ3) is 3.43. The van der Waals surface area contributed by atoms with E-state index in [1.165, 1.54) is 0 Å². The van der Waals surface area contributed by atoms with E-state index < -0.39 is 5.60 Å².